The normalized spacial score (nSPS) is 13.9. The van der Waals surface area contributed by atoms with Crippen LogP contribution in [-0.2, 0) is 19.2 Å². The van der Waals surface area contributed by atoms with Crippen molar-refractivity contribution in [2.75, 3.05) is 6.54 Å². The molecular weight excluding hydrogens is 351 g/mol. The lowest BCUT2D eigenvalue weighted by molar-refractivity contribution is -0.272. The minimum Gasteiger partial charge on any atom is -0.374 e. The number of alkyl halides is 3. The number of hydrogen-bond acceptors (Lipinski definition) is 4. The summed E-state index contributed by atoms with van der Waals surface area (Å²) in [5.74, 6) is -0.531. The van der Waals surface area contributed by atoms with E-state index in [1.807, 2.05) is 0 Å². The highest BCUT2D eigenvalue weighted by atomic mass is 19.4. The number of aryl methyl sites for hydroxylation is 2. The van der Waals surface area contributed by atoms with Gasteiger partial charge in [-0.15, -0.1) is 0 Å². The number of amides is 2. The molecule has 0 bridgehead atoms. The number of rotatable bonds is 6. The van der Waals surface area contributed by atoms with E-state index in [4.69, 9.17) is 0 Å². The maximum absolute atomic E-state index is 13.3. The molecule has 2 rings (SSSR count). The molecule has 142 valence electrons. The summed E-state index contributed by atoms with van der Waals surface area (Å²) in [6.07, 6.45) is -3.23. The molecule has 1 atom stereocenters. The van der Waals surface area contributed by atoms with Gasteiger partial charge in [-0.3, -0.25) is 4.98 Å². The lowest BCUT2D eigenvalue weighted by Crippen LogP contribution is -2.47. The van der Waals surface area contributed by atoms with Crippen LogP contribution in [0.5, 0.6) is 0 Å². The van der Waals surface area contributed by atoms with Crippen LogP contribution in [0.15, 0.2) is 30.6 Å². The van der Waals surface area contributed by atoms with Gasteiger partial charge < -0.3 is 20.3 Å². The van der Waals surface area contributed by atoms with Gasteiger partial charge in [0.25, 0.3) is 0 Å². The van der Waals surface area contributed by atoms with E-state index in [1.165, 1.54) is 19.4 Å². The predicted molar refractivity (Wildman–Crippen MR) is 87.0 cm³/mol. The standard InChI is InChI=1S/C16H20F3N5O2/c1-11-4-3-5-12(23-11)10-22-14(25)21-7-6-15(26,16(17,18)19)13-20-8-9-24(13)2/h3-5,8-9,26H,6-7,10H2,1-2H3,(H2,21,22,25)/t15-/m1/s1. The molecular formula is C16H20F3N5O2. The summed E-state index contributed by atoms with van der Waals surface area (Å²) in [7, 11) is 1.36. The SMILES string of the molecule is Cc1cccc(CNC(=O)NCC[C@@](O)(c2nccn2C)C(F)(F)F)n1. The summed E-state index contributed by atoms with van der Waals surface area (Å²) >= 11 is 0. The number of nitrogens with zero attached hydrogens (tertiary/aromatic N) is 3. The minimum absolute atomic E-state index is 0.135. The van der Waals surface area contributed by atoms with Gasteiger partial charge in [0.2, 0.25) is 5.60 Å². The average Bonchev–Trinajstić information content (AvgIpc) is 2.98. The molecule has 10 heteroatoms. The van der Waals surface area contributed by atoms with Gasteiger partial charge in [-0.05, 0) is 19.1 Å². The molecule has 0 saturated carbocycles. The zero-order valence-electron chi connectivity index (χ0n) is 14.3. The molecule has 2 amide bonds. The second-order valence-corrected chi connectivity index (χ2v) is 5.85. The molecule has 0 fully saturated rings. The number of urea groups is 1. The Balaban J connectivity index is 1.91. The average molecular weight is 371 g/mol. The van der Waals surface area contributed by atoms with Crippen molar-refractivity contribution in [2.45, 2.75) is 31.7 Å². The van der Waals surface area contributed by atoms with E-state index >= 15 is 0 Å². The zero-order chi connectivity index (χ0) is 19.4. The van der Waals surface area contributed by atoms with Crippen molar-refractivity contribution in [1.82, 2.24) is 25.2 Å². The number of aromatic nitrogens is 3. The molecule has 3 N–H and O–H groups in total. The number of imidazole rings is 1. The van der Waals surface area contributed by atoms with Crippen LogP contribution in [0.25, 0.3) is 0 Å². The zero-order valence-corrected chi connectivity index (χ0v) is 14.3. The van der Waals surface area contributed by atoms with Gasteiger partial charge in [0, 0.05) is 38.1 Å². The molecule has 0 aliphatic carbocycles. The highest BCUT2D eigenvalue weighted by Crippen LogP contribution is 2.40. The Morgan fingerprint density at radius 3 is 2.62 bits per heavy atom. The number of carbonyl (C=O) groups excluding carboxylic acids is 1. The summed E-state index contributed by atoms with van der Waals surface area (Å²) < 4.78 is 41.1. The Hall–Kier alpha value is -2.62. The van der Waals surface area contributed by atoms with Gasteiger partial charge in [-0.25, -0.2) is 9.78 Å². The highest BCUT2D eigenvalue weighted by molar-refractivity contribution is 5.73. The summed E-state index contributed by atoms with van der Waals surface area (Å²) in [6, 6.07) is 4.65. The summed E-state index contributed by atoms with van der Waals surface area (Å²) in [5.41, 5.74) is -1.74. The monoisotopic (exact) mass is 371 g/mol. The van der Waals surface area contributed by atoms with Crippen LogP contribution in [0.2, 0.25) is 0 Å². The first kappa shape index (κ1) is 19.7. The topological polar surface area (TPSA) is 92.1 Å². The Labute approximate surface area is 148 Å². The van der Waals surface area contributed by atoms with Crippen molar-refractivity contribution >= 4 is 6.03 Å². The fourth-order valence-corrected chi connectivity index (χ4v) is 2.43. The molecule has 2 aromatic heterocycles. The van der Waals surface area contributed by atoms with Gasteiger partial charge in [0.1, 0.15) is 5.82 Å². The fraction of sp³-hybridized carbons (Fsp3) is 0.438. The van der Waals surface area contributed by atoms with E-state index in [1.54, 1.807) is 25.1 Å². The van der Waals surface area contributed by atoms with Crippen LogP contribution >= 0.6 is 0 Å². The summed E-state index contributed by atoms with van der Waals surface area (Å²) in [5, 5.41) is 15.0. The van der Waals surface area contributed by atoms with Gasteiger partial charge in [0.15, 0.2) is 0 Å². The second kappa shape index (κ2) is 7.73. The first-order valence-electron chi connectivity index (χ1n) is 7.84. The smallest absolute Gasteiger partial charge is 0.374 e. The number of pyridine rings is 1. The quantitative estimate of drug-likeness (QED) is 0.722. The third kappa shape index (κ3) is 4.51. The minimum atomic E-state index is -4.93. The van der Waals surface area contributed by atoms with E-state index in [-0.39, 0.29) is 6.54 Å². The maximum atomic E-state index is 13.3. The third-order valence-electron chi connectivity index (χ3n) is 3.81. The number of aliphatic hydroxyl groups is 1. The van der Waals surface area contributed by atoms with Crippen LogP contribution in [0.1, 0.15) is 23.6 Å². The molecule has 0 aliphatic rings. The van der Waals surface area contributed by atoms with E-state index < -0.39 is 36.6 Å². The maximum Gasteiger partial charge on any atom is 0.424 e. The molecule has 2 heterocycles. The number of carbonyl (C=O) groups is 1. The van der Waals surface area contributed by atoms with Crippen LogP contribution < -0.4 is 10.6 Å². The van der Waals surface area contributed by atoms with E-state index in [2.05, 4.69) is 20.6 Å². The largest absolute Gasteiger partial charge is 0.424 e. The van der Waals surface area contributed by atoms with Gasteiger partial charge in [0.05, 0.1) is 12.2 Å². The second-order valence-electron chi connectivity index (χ2n) is 5.85. The first-order chi connectivity index (χ1) is 12.1. The van der Waals surface area contributed by atoms with E-state index in [0.29, 0.717) is 5.69 Å². The van der Waals surface area contributed by atoms with Crippen LogP contribution in [0.3, 0.4) is 0 Å². The van der Waals surface area contributed by atoms with Gasteiger partial charge in [-0.1, -0.05) is 6.07 Å². The molecule has 0 radical (unpaired) electrons. The number of hydrogen-bond donors (Lipinski definition) is 3. The van der Waals surface area contributed by atoms with Crippen molar-refractivity contribution in [1.29, 1.82) is 0 Å². The Bertz CT molecular complexity index is 762. The van der Waals surface area contributed by atoms with Crippen LogP contribution in [-0.4, -0.2) is 38.4 Å². The molecule has 2 aromatic rings. The fourth-order valence-electron chi connectivity index (χ4n) is 2.43. The lowest BCUT2D eigenvalue weighted by Gasteiger charge is -2.29. The van der Waals surface area contributed by atoms with Crippen LogP contribution in [0.4, 0.5) is 18.0 Å². The Morgan fingerprint density at radius 1 is 1.31 bits per heavy atom. The molecule has 0 saturated heterocycles. The van der Waals surface area contributed by atoms with Crippen molar-refractivity contribution in [3.05, 3.63) is 47.8 Å². The number of halogens is 3. The molecule has 0 aromatic carbocycles. The lowest BCUT2D eigenvalue weighted by atomic mass is 9.97. The van der Waals surface area contributed by atoms with Crippen molar-refractivity contribution in [2.24, 2.45) is 7.05 Å². The van der Waals surface area contributed by atoms with Crippen molar-refractivity contribution < 1.29 is 23.1 Å². The Kier molecular flexibility index (Phi) is 5.86. The first-order valence-corrected chi connectivity index (χ1v) is 7.84. The Morgan fingerprint density at radius 2 is 2.04 bits per heavy atom. The molecule has 0 aliphatic heterocycles. The van der Waals surface area contributed by atoms with Crippen molar-refractivity contribution in [3.63, 3.8) is 0 Å². The van der Waals surface area contributed by atoms with E-state index in [0.717, 1.165) is 10.3 Å². The molecule has 0 spiro atoms. The predicted octanol–water partition coefficient (Wildman–Crippen LogP) is 1.76. The molecule has 26 heavy (non-hydrogen) atoms. The summed E-state index contributed by atoms with van der Waals surface area (Å²) in [6.45, 7) is 1.55. The van der Waals surface area contributed by atoms with Gasteiger partial charge in [-0.2, -0.15) is 13.2 Å². The summed E-state index contributed by atoms with van der Waals surface area (Å²) in [4.78, 5) is 19.5. The molecule has 7 nitrogen and oxygen atoms in total. The number of nitrogens with one attached hydrogen (secondary N) is 2. The third-order valence-corrected chi connectivity index (χ3v) is 3.81. The van der Waals surface area contributed by atoms with Crippen molar-refractivity contribution in [3.8, 4) is 0 Å². The highest BCUT2D eigenvalue weighted by Gasteiger charge is 2.57. The van der Waals surface area contributed by atoms with Crippen LogP contribution in [0, 0.1) is 6.92 Å². The van der Waals surface area contributed by atoms with Gasteiger partial charge >= 0.3 is 12.2 Å². The molecule has 0 unspecified atom stereocenters. The van der Waals surface area contributed by atoms with E-state index in [9.17, 15) is 23.1 Å².